The van der Waals surface area contributed by atoms with E-state index in [-0.39, 0.29) is 171 Å². The maximum absolute atomic E-state index is 13.3. The van der Waals surface area contributed by atoms with Crippen molar-refractivity contribution in [2.24, 2.45) is 80.8 Å². The van der Waals surface area contributed by atoms with Crippen molar-refractivity contribution in [2.45, 2.75) is 176 Å². The molecular formula is C55H89BrF2K2N4O9. The Kier molecular flexibility index (Phi) is 26.4. The molecule has 0 aromatic carbocycles. The van der Waals surface area contributed by atoms with E-state index in [1.165, 1.54) is 63.8 Å². The zero-order valence-corrected chi connectivity index (χ0v) is 51.8. The van der Waals surface area contributed by atoms with Crippen molar-refractivity contribution in [1.82, 2.24) is 19.5 Å². The molecule has 18 heteroatoms. The minimum absolute atomic E-state index is 0. The Labute approximate surface area is 530 Å². The second kappa shape index (κ2) is 28.4. The SMILES string of the molecule is C.C.COC[C@]12CC[C@@](C)(O)C[C@H]1CC[C@H]1[C@@H]3CC[C@H](C(=O)CBr)[C@@]3(C)CC[C@@H]12.COC[C@]12CC[C@@](C)(O)C[C@H]1CC[C@H]1[C@@H]3CC[C@H](C(=O)Cn4cnc(F)c4)[C@@]3(C)CC[C@@H]12.Fc1cnc[nH]1.O=CO[O-].[H-].[K+].[K+]. The molecule has 3 N–H and O–H groups in total. The number of rotatable bonds is 10. The number of H-pyrrole nitrogens is 1. The number of halogens is 3. The van der Waals surface area contributed by atoms with E-state index < -0.39 is 23.1 Å². The van der Waals surface area contributed by atoms with E-state index in [0.717, 1.165) is 96.0 Å². The van der Waals surface area contributed by atoms with Crippen molar-refractivity contribution < 1.29 is 157 Å². The third-order valence-corrected chi connectivity index (χ3v) is 21.0. The van der Waals surface area contributed by atoms with Crippen molar-refractivity contribution in [3.8, 4) is 0 Å². The van der Waals surface area contributed by atoms with Crippen LogP contribution in [0.1, 0.15) is 160 Å². The van der Waals surface area contributed by atoms with Gasteiger partial charge in [0.05, 0.1) is 61.3 Å². The number of aromatic nitrogens is 4. The van der Waals surface area contributed by atoms with Gasteiger partial charge in [-0.1, -0.05) is 44.6 Å². The van der Waals surface area contributed by atoms with Crippen LogP contribution in [0.25, 0.3) is 0 Å². The van der Waals surface area contributed by atoms with Gasteiger partial charge in [-0.15, -0.1) is 0 Å². The van der Waals surface area contributed by atoms with Crippen LogP contribution in [0.4, 0.5) is 8.78 Å². The molecule has 2 heterocycles. The number of imidazole rings is 2. The molecule has 0 unspecified atom stereocenters. The second-order valence-corrected chi connectivity index (χ2v) is 24.5. The number of ketones is 2. The van der Waals surface area contributed by atoms with Gasteiger partial charge in [0.15, 0.2) is 5.78 Å². The number of hydrogen-bond donors (Lipinski definition) is 3. The number of aliphatic hydroxyl groups is 2. The zero-order valence-electron chi connectivity index (χ0n) is 44.9. The zero-order chi connectivity index (χ0) is 50.0. The Morgan fingerprint density at radius 3 is 1.59 bits per heavy atom. The molecule has 0 saturated heterocycles. The quantitative estimate of drug-likeness (QED) is 0.103. The molecular weight excluding hydrogens is 1060 g/mol. The second-order valence-electron chi connectivity index (χ2n) is 23.9. The Bertz CT molecular complexity index is 2060. The summed E-state index contributed by atoms with van der Waals surface area (Å²) in [5, 5.41) is 30.5. The molecule has 0 radical (unpaired) electrons. The van der Waals surface area contributed by atoms with Gasteiger partial charge in [-0.05, 0) is 198 Å². The molecule has 8 aliphatic carbocycles. The molecule has 10 rings (SSSR count). The third-order valence-electron chi connectivity index (χ3n) is 20.5. The molecule has 8 saturated carbocycles. The molecule has 8 fully saturated rings. The van der Waals surface area contributed by atoms with Gasteiger partial charge in [-0.3, -0.25) is 14.4 Å². The number of Topliss-reactive ketones (excluding diaryl/α,β-unsaturated/α-hetero) is 2. The number of methoxy groups -OCH3 is 2. The van der Waals surface area contributed by atoms with Gasteiger partial charge in [0.1, 0.15) is 5.78 Å². The largest absolute Gasteiger partial charge is 1.00 e. The Morgan fingerprint density at radius 1 is 0.767 bits per heavy atom. The maximum atomic E-state index is 13.3. The summed E-state index contributed by atoms with van der Waals surface area (Å²) in [6, 6.07) is 0. The average Bonchev–Trinajstić information content (AvgIpc) is 4.13. The number of fused-ring (bicyclic) bond motifs is 10. The summed E-state index contributed by atoms with van der Waals surface area (Å²) in [7, 11) is 3.69. The molecule has 0 bridgehead atoms. The van der Waals surface area contributed by atoms with Gasteiger partial charge in [-0.2, -0.15) is 8.78 Å². The van der Waals surface area contributed by atoms with Crippen LogP contribution in [0.3, 0.4) is 0 Å². The summed E-state index contributed by atoms with van der Waals surface area (Å²) < 4.78 is 38.1. The maximum Gasteiger partial charge on any atom is 1.00 e. The van der Waals surface area contributed by atoms with Crippen molar-refractivity contribution >= 4 is 34.0 Å². The molecule has 0 spiro atoms. The van der Waals surface area contributed by atoms with Crippen LogP contribution in [0.2, 0.25) is 0 Å². The predicted octanol–water partition coefficient (Wildman–Crippen LogP) is 3.99. The molecule has 406 valence electrons. The number of ether oxygens (including phenoxy) is 2. The van der Waals surface area contributed by atoms with Crippen LogP contribution < -0.4 is 108 Å². The van der Waals surface area contributed by atoms with E-state index in [0.29, 0.717) is 52.5 Å². The number of hydrogen-bond acceptors (Lipinski definition) is 11. The van der Waals surface area contributed by atoms with Gasteiger partial charge in [0.25, 0.3) is 6.47 Å². The predicted molar refractivity (Wildman–Crippen MR) is 270 cm³/mol. The Hall–Kier alpha value is 0.643. The van der Waals surface area contributed by atoms with E-state index in [4.69, 9.17) is 19.5 Å². The minimum Gasteiger partial charge on any atom is -1.00 e. The van der Waals surface area contributed by atoms with Crippen molar-refractivity contribution in [3.05, 3.63) is 36.9 Å². The molecule has 0 aliphatic heterocycles. The number of carbonyl (C=O) groups is 3. The third kappa shape index (κ3) is 14.2. The van der Waals surface area contributed by atoms with Gasteiger partial charge in [-0.25, -0.2) is 9.97 Å². The topological polar surface area (TPSA) is 189 Å². The van der Waals surface area contributed by atoms with Crippen LogP contribution in [0, 0.1) is 92.7 Å². The number of aromatic amines is 1. The smallest absolute Gasteiger partial charge is 1.00 e. The van der Waals surface area contributed by atoms with Crippen LogP contribution >= 0.6 is 15.9 Å². The molecule has 13 nitrogen and oxygen atoms in total. The van der Waals surface area contributed by atoms with E-state index >= 15 is 0 Å². The Balaban J connectivity index is 0.000000407. The Morgan fingerprint density at radius 2 is 1.23 bits per heavy atom. The number of carbonyl (C=O) groups excluding carboxylic acids is 3. The van der Waals surface area contributed by atoms with Gasteiger partial charge in [0, 0.05) is 26.1 Å². The summed E-state index contributed by atoms with van der Waals surface area (Å²) in [5.41, 5.74) is -0.378. The van der Waals surface area contributed by atoms with Crippen molar-refractivity contribution in [2.75, 3.05) is 32.8 Å². The molecule has 0 amide bonds. The van der Waals surface area contributed by atoms with Crippen LogP contribution in [-0.2, 0) is 35.3 Å². The van der Waals surface area contributed by atoms with Crippen LogP contribution in [0.5, 0.6) is 0 Å². The first-order valence-corrected chi connectivity index (χ1v) is 27.0. The fraction of sp³-hybridized carbons (Fsp3) is 0.836. The first-order valence-electron chi connectivity index (χ1n) is 25.8. The van der Waals surface area contributed by atoms with Crippen molar-refractivity contribution in [3.63, 3.8) is 0 Å². The van der Waals surface area contributed by atoms with E-state index in [9.17, 15) is 28.6 Å². The summed E-state index contributed by atoms with van der Waals surface area (Å²) >= 11 is 3.43. The summed E-state index contributed by atoms with van der Waals surface area (Å²) in [6.45, 7) is 10.5. The first kappa shape index (κ1) is 67.9. The molecule has 2 aromatic rings. The molecule has 73 heavy (non-hydrogen) atoms. The molecule has 16 atom stereocenters. The molecule has 8 aliphatic rings. The summed E-state index contributed by atoms with van der Waals surface area (Å²) in [4.78, 5) is 46.4. The van der Waals surface area contributed by atoms with E-state index in [2.05, 4.69) is 49.6 Å². The number of nitrogens with zero attached hydrogens (tertiary/aromatic N) is 3. The fourth-order valence-electron chi connectivity index (χ4n) is 17.7. The average molecular weight is 1150 g/mol. The van der Waals surface area contributed by atoms with Crippen molar-refractivity contribution in [1.29, 1.82) is 0 Å². The number of alkyl halides is 1. The fourth-order valence-corrected chi connectivity index (χ4v) is 18.1. The van der Waals surface area contributed by atoms with E-state index in [1.54, 1.807) is 4.57 Å². The van der Waals surface area contributed by atoms with E-state index in [1.807, 2.05) is 28.1 Å². The number of nitrogens with one attached hydrogen (secondary N) is 1. The van der Waals surface area contributed by atoms with Gasteiger partial charge >= 0.3 is 103 Å². The van der Waals surface area contributed by atoms with Gasteiger partial charge in [0.2, 0.25) is 11.9 Å². The standard InChI is InChI=1S/C26H39FN2O3.C23H37BrO3.C3H3FN2.CH2O3.2CH4.2K.H/c1-24(31)10-11-26(15-32-3)17(12-24)4-5-18-19-6-7-21(25(19,2)9-8-20(18)26)22(30)13-29-14-23(27)28-16-29;1-21(26)10-11-23(14-27-3)15(12-21)4-5-16-17-6-7-19(20(25)13-24)22(17,2)9-8-18(16)23;4-3-1-5-2-6-3;2-1-4-3;;;;;/h14,16-21,31H,4-13,15H2,1-3H3;15-19,26H,4-14H2,1-3H3;1-2H,(H,5,6);1,3H;2*1H4;;;/q;;;;;;2*+1;-1/p-1/t17-,18+,19+,20+,21-,24-,25+,26-;15-,16+,17+,18+,19-,21-,22+,23-;;;;;;;/m11......./s1. The summed E-state index contributed by atoms with van der Waals surface area (Å²) in [6.07, 6.45) is 24.9. The summed E-state index contributed by atoms with van der Waals surface area (Å²) in [5.74, 6) is 5.18. The monoisotopic (exact) mass is 1140 g/mol. The van der Waals surface area contributed by atoms with Crippen LogP contribution in [-0.4, -0.2) is 91.7 Å². The molecule has 2 aromatic heterocycles. The minimum atomic E-state index is -0.546. The first-order chi connectivity index (χ1) is 32.8. The van der Waals surface area contributed by atoms with Crippen LogP contribution in [0.15, 0.2) is 25.0 Å². The normalized spacial score (nSPS) is 40.3. The van der Waals surface area contributed by atoms with Gasteiger partial charge < -0.3 is 40.8 Å².